The lowest BCUT2D eigenvalue weighted by molar-refractivity contribution is 0.0952. The summed E-state index contributed by atoms with van der Waals surface area (Å²) < 4.78 is 28.4. The van der Waals surface area contributed by atoms with Crippen molar-refractivity contribution in [1.82, 2.24) is 5.32 Å². The van der Waals surface area contributed by atoms with Crippen LogP contribution in [0.2, 0.25) is 0 Å². The van der Waals surface area contributed by atoms with Crippen molar-refractivity contribution >= 4 is 21.6 Å². The van der Waals surface area contributed by atoms with E-state index in [1.54, 1.807) is 25.1 Å². The third-order valence-corrected chi connectivity index (χ3v) is 5.94. The lowest BCUT2D eigenvalue weighted by Crippen LogP contribution is -2.25. The number of benzene rings is 2. The molecule has 0 unspecified atom stereocenters. The van der Waals surface area contributed by atoms with E-state index in [-0.39, 0.29) is 10.8 Å². The maximum absolute atomic E-state index is 12.9. The minimum atomic E-state index is -3.79. The molecule has 1 amide bonds. The van der Waals surface area contributed by atoms with Crippen molar-refractivity contribution < 1.29 is 13.2 Å². The summed E-state index contributed by atoms with van der Waals surface area (Å²) in [5, 5.41) is 2.84. The number of rotatable bonds is 8. The quantitative estimate of drug-likeness (QED) is 0.661. The van der Waals surface area contributed by atoms with Crippen molar-refractivity contribution in [2.75, 3.05) is 11.3 Å². The highest BCUT2D eigenvalue weighted by molar-refractivity contribution is 7.92. The fourth-order valence-electron chi connectivity index (χ4n) is 2.84. The van der Waals surface area contributed by atoms with Crippen LogP contribution in [-0.4, -0.2) is 20.9 Å². The number of unbranched alkanes of at least 4 members (excludes halogenated alkanes) is 2. The number of anilines is 1. The number of amides is 1. The molecule has 5 nitrogen and oxygen atoms in total. The van der Waals surface area contributed by atoms with Crippen LogP contribution in [0.3, 0.4) is 0 Å². The summed E-state index contributed by atoms with van der Waals surface area (Å²) in [4.78, 5) is 12.4. The lowest BCUT2D eigenvalue weighted by atomic mass is 10.1. The molecule has 2 N–H and O–H groups in total. The second kappa shape index (κ2) is 9.04. The molecule has 0 aliphatic rings. The van der Waals surface area contributed by atoms with Crippen molar-refractivity contribution in [3.8, 4) is 0 Å². The highest BCUT2D eigenvalue weighted by atomic mass is 32.2. The largest absolute Gasteiger partial charge is 0.352 e. The molecule has 0 aliphatic carbocycles. The molecule has 0 atom stereocenters. The molecule has 0 fully saturated rings. The number of aryl methyl sites for hydroxylation is 3. The summed E-state index contributed by atoms with van der Waals surface area (Å²) in [7, 11) is -3.79. The standard InChI is InChI=1S/C21H28N2O3S/c1-5-6-7-12-22-21(24)18-10-9-16(3)20(14-18)27(25,26)23-19-11-8-15(2)13-17(19)4/h8-11,13-14,23H,5-7,12H2,1-4H3,(H,22,24). The maximum atomic E-state index is 12.9. The van der Waals surface area contributed by atoms with Gasteiger partial charge in [0.25, 0.3) is 15.9 Å². The minimum Gasteiger partial charge on any atom is -0.352 e. The van der Waals surface area contributed by atoms with Crippen LogP contribution in [0.5, 0.6) is 0 Å². The number of sulfonamides is 1. The summed E-state index contributed by atoms with van der Waals surface area (Å²) in [6.07, 6.45) is 3.04. The van der Waals surface area contributed by atoms with Crippen LogP contribution in [0.4, 0.5) is 5.69 Å². The molecule has 0 saturated carbocycles. The highest BCUT2D eigenvalue weighted by Gasteiger charge is 2.20. The van der Waals surface area contributed by atoms with Crippen LogP contribution in [-0.2, 0) is 10.0 Å². The molecular formula is C21H28N2O3S. The van der Waals surface area contributed by atoms with Crippen molar-refractivity contribution in [3.63, 3.8) is 0 Å². The molecule has 0 heterocycles. The molecule has 2 rings (SSSR count). The van der Waals surface area contributed by atoms with Crippen LogP contribution in [0.1, 0.15) is 53.2 Å². The van der Waals surface area contributed by atoms with Crippen LogP contribution < -0.4 is 10.0 Å². The van der Waals surface area contributed by atoms with Gasteiger partial charge >= 0.3 is 0 Å². The Hall–Kier alpha value is -2.34. The normalized spacial score (nSPS) is 11.3. The van der Waals surface area contributed by atoms with Crippen LogP contribution in [0, 0.1) is 20.8 Å². The summed E-state index contributed by atoms with van der Waals surface area (Å²) >= 11 is 0. The summed E-state index contributed by atoms with van der Waals surface area (Å²) in [5.41, 5.74) is 3.39. The Kier molecular flexibility index (Phi) is 7.02. The zero-order chi connectivity index (χ0) is 20.0. The van der Waals surface area contributed by atoms with Crippen LogP contribution in [0.15, 0.2) is 41.3 Å². The predicted molar refractivity (Wildman–Crippen MR) is 110 cm³/mol. The van der Waals surface area contributed by atoms with Gasteiger partial charge in [0.05, 0.1) is 10.6 Å². The smallest absolute Gasteiger partial charge is 0.262 e. The maximum Gasteiger partial charge on any atom is 0.262 e. The molecule has 0 aromatic heterocycles. The van der Waals surface area contributed by atoms with E-state index in [0.717, 1.165) is 30.4 Å². The van der Waals surface area contributed by atoms with Gasteiger partial charge in [0.2, 0.25) is 0 Å². The third kappa shape index (κ3) is 5.57. The van der Waals surface area contributed by atoms with E-state index in [9.17, 15) is 13.2 Å². The Morgan fingerprint density at radius 2 is 1.70 bits per heavy atom. The van der Waals surface area contributed by atoms with Crippen molar-refractivity contribution in [2.45, 2.75) is 51.9 Å². The van der Waals surface area contributed by atoms with Gasteiger partial charge in [-0.3, -0.25) is 9.52 Å². The highest BCUT2D eigenvalue weighted by Crippen LogP contribution is 2.23. The molecule has 6 heteroatoms. The number of carbonyl (C=O) groups excluding carboxylic acids is 1. The van der Waals surface area contributed by atoms with E-state index in [1.165, 1.54) is 6.07 Å². The molecule has 146 valence electrons. The summed E-state index contributed by atoms with van der Waals surface area (Å²) in [6.45, 7) is 8.22. The van der Waals surface area contributed by atoms with Gasteiger partial charge in [-0.15, -0.1) is 0 Å². The van der Waals surface area contributed by atoms with Gasteiger partial charge in [-0.05, 0) is 56.5 Å². The fourth-order valence-corrected chi connectivity index (χ4v) is 4.24. The molecule has 0 aliphatic heterocycles. The van der Waals surface area contributed by atoms with E-state index in [0.29, 0.717) is 23.4 Å². The average molecular weight is 389 g/mol. The Balaban J connectivity index is 2.24. The first-order chi connectivity index (χ1) is 12.7. The average Bonchev–Trinajstić information content (AvgIpc) is 2.61. The van der Waals surface area contributed by atoms with Gasteiger partial charge < -0.3 is 5.32 Å². The van der Waals surface area contributed by atoms with E-state index >= 15 is 0 Å². The van der Waals surface area contributed by atoms with Gasteiger partial charge in [-0.25, -0.2) is 8.42 Å². The number of hydrogen-bond acceptors (Lipinski definition) is 3. The van der Waals surface area contributed by atoms with E-state index in [4.69, 9.17) is 0 Å². The van der Waals surface area contributed by atoms with Gasteiger partial charge in [0, 0.05) is 12.1 Å². The fraction of sp³-hybridized carbons (Fsp3) is 0.381. The molecule has 2 aromatic carbocycles. The van der Waals surface area contributed by atoms with Crippen LogP contribution >= 0.6 is 0 Å². The summed E-state index contributed by atoms with van der Waals surface area (Å²) in [5.74, 6) is -0.255. The number of hydrogen-bond donors (Lipinski definition) is 2. The Labute approximate surface area is 162 Å². The molecule has 2 aromatic rings. The lowest BCUT2D eigenvalue weighted by Gasteiger charge is -2.14. The molecule has 0 saturated heterocycles. The third-order valence-electron chi connectivity index (χ3n) is 4.43. The molecule has 0 bridgehead atoms. The molecular weight excluding hydrogens is 360 g/mol. The second-order valence-electron chi connectivity index (χ2n) is 6.87. The van der Waals surface area contributed by atoms with Gasteiger partial charge in [-0.1, -0.05) is 43.5 Å². The van der Waals surface area contributed by atoms with Gasteiger partial charge in [0.1, 0.15) is 0 Å². The van der Waals surface area contributed by atoms with Gasteiger partial charge in [-0.2, -0.15) is 0 Å². The predicted octanol–water partition coefficient (Wildman–Crippen LogP) is 4.33. The van der Waals surface area contributed by atoms with Crippen LogP contribution in [0.25, 0.3) is 0 Å². The minimum absolute atomic E-state index is 0.115. The van der Waals surface area contributed by atoms with Gasteiger partial charge in [0.15, 0.2) is 0 Å². The molecule has 27 heavy (non-hydrogen) atoms. The van der Waals surface area contributed by atoms with E-state index in [1.807, 2.05) is 26.0 Å². The first-order valence-corrected chi connectivity index (χ1v) is 10.7. The first kappa shape index (κ1) is 21.0. The monoisotopic (exact) mass is 388 g/mol. The second-order valence-corrected chi connectivity index (χ2v) is 8.52. The van der Waals surface area contributed by atoms with Crippen molar-refractivity contribution in [1.29, 1.82) is 0 Å². The summed E-state index contributed by atoms with van der Waals surface area (Å²) in [6, 6.07) is 10.3. The van der Waals surface area contributed by atoms with E-state index in [2.05, 4.69) is 17.0 Å². The first-order valence-electron chi connectivity index (χ1n) is 9.23. The zero-order valence-corrected chi connectivity index (χ0v) is 17.2. The Morgan fingerprint density at radius 1 is 0.963 bits per heavy atom. The molecule has 0 radical (unpaired) electrons. The SMILES string of the molecule is CCCCCNC(=O)c1ccc(C)c(S(=O)(=O)Nc2ccc(C)cc2C)c1. The van der Waals surface area contributed by atoms with Crippen molar-refractivity contribution in [3.05, 3.63) is 58.7 Å². The molecule has 0 spiro atoms. The zero-order valence-electron chi connectivity index (χ0n) is 16.4. The topological polar surface area (TPSA) is 75.3 Å². The van der Waals surface area contributed by atoms with Crippen molar-refractivity contribution in [2.24, 2.45) is 0 Å². The van der Waals surface area contributed by atoms with E-state index < -0.39 is 10.0 Å². The number of carbonyl (C=O) groups is 1. The number of nitrogens with one attached hydrogen (secondary N) is 2. The Morgan fingerprint density at radius 3 is 2.37 bits per heavy atom. The Bertz CT molecular complexity index is 921.